The highest BCUT2D eigenvalue weighted by molar-refractivity contribution is 5.72. The first kappa shape index (κ1) is 19.9. The van der Waals surface area contributed by atoms with E-state index in [0.717, 1.165) is 24.2 Å². The lowest BCUT2D eigenvalue weighted by molar-refractivity contribution is 0.961. The van der Waals surface area contributed by atoms with E-state index in [2.05, 4.69) is 96.0 Å². The monoisotopic (exact) mass is 412 g/mol. The van der Waals surface area contributed by atoms with Crippen molar-refractivity contribution in [1.29, 1.82) is 0 Å². The Labute approximate surface area is 189 Å². The summed E-state index contributed by atoms with van der Waals surface area (Å²) in [6, 6.07) is 38.0. The number of aromatic nitrogens is 2. The number of pyridine rings is 2. The van der Waals surface area contributed by atoms with Gasteiger partial charge < -0.3 is 0 Å². The van der Waals surface area contributed by atoms with Crippen molar-refractivity contribution < 1.29 is 0 Å². The molecule has 0 aliphatic carbocycles. The molecule has 2 heterocycles. The Morgan fingerprint density at radius 2 is 1.03 bits per heavy atom. The zero-order valence-electron chi connectivity index (χ0n) is 17.9. The lowest BCUT2D eigenvalue weighted by Gasteiger charge is -2.12. The smallest absolute Gasteiger partial charge is 0.0710 e. The molecule has 0 radical (unpaired) electrons. The molecule has 0 atom stereocenters. The summed E-state index contributed by atoms with van der Waals surface area (Å²) in [5, 5.41) is 0. The maximum absolute atomic E-state index is 4.71. The second-order valence-corrected chi connectivity index (χ2v) is 7.83. The van der Waals surface area contributed by atoms with Crippen LogP contribution in [0.4, 0.5) is 0 Å². The highest BCUT2D eigenvalue weighted by Crippen LogP contribution is 2.29. The third kappa shape index (κ3) is 4.35. The minimum absolute atomic E-state index is 0.942. The minimum Gasteiger partial charge on any atom is -0.256 e. The molecule has 2 nitrogen and oxygen atoms in total. The van der Waals surface area contributed by atoms with Gasteiger partial charge in [-0.25, -0.2) is 0 Å². The Morgan fingerprint density at radius 3 is 1.72 bits per heavy atom. The van der Waals surface area contributed by atoms with Crippen molar-refractivity contribution in [3.63, 3.8) is 0 Å². The van der Waals surface area contributed by atoms with Crippen LogP contribution in [0.2, 0.25) is 0 Å². The molecule has 2 heteroatoms. The first-order chi connectivity index (χ1) is 15.9. The van der Waals surface area contributed by atoms with Crippen LogP contribution in [0.3, 0.4) is 0 Å². The summed E-state index contributed by atoms with van der Waals surface area (Å²) >= 11 is 0. The van der Waals surface area contributed by atoms with Gasteiger partial charge in [0.2, 0.25) is 0 Å². The molecule has 0 saturated heterocycles. The first-order valence-corrected chi connectivity index (χ1v) is 11.0. The molecule has 32 heavy (non-hydrogen) atoms. The van der Waals surface area contributed by atoms with Crippen LogP contribution in [0.15, 0.2) is 122 Å². The van der Waals surface area contributed by atoms with Crippen LogP contribution >= 0.6 is 0 Å². The molecule has 0 unspecified atom stereocenters. The van der Waals surface area contributed by atoms with Crippen molar-refractivity contribution in [1.82, 2.24) is 9.97 Å². The molecule has 5 rings (SSSR count). The minimum atomic E-state index is 0.942. The lowest BCUT2D eigenvalue weighted by Crippen LogP contribution is -1.98. The van der Waals surface area contributed by atoms with E-state index in [4.69, 9.17) is 4.98 Å². The van der Waals surface area contributed by atoms with Crippen LogP contribution in [0, 0.1) is 0 Å². The number of hydrogen-bond acceptors (Lipinski definition) is 2. The molecule has 5 aromatic rings. The molecule has 0 aliphatic heterocycles. The second kappa shape index (κ2) is 9.40. The van der Waals surface area contributed by atoms with Crippen molar-refractivity contribution >= 4 is 0 Å². The third-order valence-electron chi connectivity index (χ3n) is 5.78. The van der Waals surface area contributed by atoms with E-state index in [1.807, 2.05) is 30.6 Å². The van der Waals surface area contributed by atoms with E-state index in [0.29, 0.717) is 0 Å². The molecule has 2 aromatic heterocycles. The maximum atomic E-state index is 4.71. The SMILES string of the molecule is c1ccc(-c2ccnc(-c3ccccc3CCc3ccccc3-c3ccccn3)c2)cc1. The fraction of sp³-hybridized carbons (Fsp3) is 0.0667. The van der Waals surface area contributed by atoms with Crippen LogP contribution in [-0.4, -0.2) is 9.97 Å². The topological polar surface area (TPSA) is 25.8 Å². The maximum Gasteiger partial charge on any atom is 0.0710 e. The van der Waals surface area contributed by atoms with Gasteiger partial charge >= 0.3 is 0 Å². The lowest BCUT2D eigenvalue weighted by atomic mass is 9.94. The Morgan fingerprint density at radius 1 is 0.438 bits per heavy atom. The van der Waals surface area contributed by atoms with Gasteiger partial charge in [-0.1, -0.05) is 84.9 Å². The van der Waals surface area contributed by atoms with Crippen molar-refractivity contribution in [2.45, 2.75) is 12.8 Å². The van der Waals surface area contributed by atoms with Crippen LogP contribution < -0.4 is 0 Å². The summed E-state index contributed by atoms with van der Waals surface area (Å²) in [7, 11) is 0. The zero-order chi connectivity index (χ0) is 21.6. The molecule has 0 aliphatic rings. The Kier molecular flexibility index (Phi) is 5.85. The molecular weight excluding hydrogens is 388 g/mol. The average Bonchev–Trinajstić information content (AvgIpc) is 2.89. The number of benzene rings is 3. The quantitative estimate of drug-likeness (QED) is 0.293. The van der Waals surface area contributed by atoms with E-state index in [1.54, 1.807) is 0 Å². The molecule has 3 aromatic carbocycles. The highest BCUT2D eigenvalue weighted by Gasteiger charge is 2.10. The first-order valence-electron chi connectivity index (χ1n) is 11.0. The van der Waals surface area contributed by atoms with E-state index >= 15 is 0 Å². The van der Waals surface area contributed by atoms with Crippen LogP contribution in [-0.2, 0) is 12.8 Å². The normalized spacial score (nSPS) is 10.8. The summed E-state index contributed by atoms with van der Waals surface area (Å²) in [5.74, 6) is 0. The van der Waals surface area contributed by atoms with Gasteiger partial charge in [-0.2, -0.15) is 0 Å². The Balaban J connectivity index is 1.44. The van der Waals surface area contributed by atoms with Gasteiger partial charge in [-0.3, -0.25) is 9.97 Å². The summed E-state index contributed by atoms with van der Waals surface area (Å²) in [4.78, 5) is 9.26. The average molecular weight is 413 g/mol. The van der Waals surface area contributed by atoms with Gasteiger partial charge in [-0.15, -0.1) is 0 Å². The standard InChI is InChI=1S/C30H24N2/c1-2-10-23(11-3-1)26-19-21-32-30(22-26)28-15-7-5-13-25(28)18-17-24-12-4-6-14-27(24)29-16-8-9-20-31-29/h1-16,19-22H,17-18H2. The highest BCUT2D eigenvalue weighted by atomic mass is 14.7. The van der Waals surface area contributed by atoms with Gasteiger partial charge in [0.15, 0.2) is 0 Å². The van der Waals surface area contributed by atoms with E-state index < -0.39 is 0 Å². The van der Waals surface area contributed by atoms with Crippen LogP contribution in [0.1, 0.15) is 11.1 Å². The van der Waals surface area contributed by atoms with E-state index in [-0.39, 0.29) is 0 Å². The van der Waals surface area contributed by atoms with Gasteiger partial charge in [-0.05, 0) is 59.4 Å². The summed E-state index contributed by atoms with van der Waals surface area (Å²) in [5.41, 5.74) is 9.45. The van der Waals surface area contributed by atoms with Gasteiger partial charge in [0, 0.05) is 23.5 Å². The van der Waals surface area contributed by atoms with Gasteiger partial charge in [0.25, 0.3) is 0 Å². The number of nitrogens with zero attached hydrogens (tertiary/aromatic N) is 2. The molecule has 0 amide bonds. The number of hydrogen-bond donors (Lipinski definition) is 0. The van der Waals surface area contributed by atoms with Crippen LogP contribution in [0.25, 0.3) is 33.6 Å². The summed E-state index contributed by atoms with van der Waals surface area (Å²) < 4.78 is 0. The third-order valence-corrected chi connectivity index (χ3v) is 5.78. The molecular formula is C30H24N2. The molecule has 0 bridgehead atoms. The number of aryl methyl sites for hydroxylation is 2. The largest absolute Gasteiger partial charge is 0.256 e. The second-order valence-electron chi connectivity index (χ2n) is 7.83. The summed E-state index contributed by atoms with van der Waals surface area (Å²) in [6.07, 6.45) is 5.65. The fourth-order valence-electron chi connectivity index (χ4n) is 4.16. The Hall–Kier alpha value is -4.04. The van der Waals surface area contributed by atoms with Gasteiger partial charge in [0.05, 0.1) is 11.4 Å². The van der Waals surface area contributed by atoms with E-state index in [1.165, 1.54) is 33.4 Å². The summed E-state index contributed by atoms with van der Waals surface area (Å²) in [6.45, 7) is 0. The molecule has 0 saturated carbocycles. The zero-order valence-corrected chi connectivity index (χ0v) is 17.9. The fourth-order valence-corrected chi connectivity index (χ4v) is 4.16. The molecule has 0 fully saturated rings. The predicted octanol–water partition coefficient (Wildman–Crippen LogP) is 7.26. The number of rotatable bonds is 6. The van der Waals surface area contributed by atoms with Crippen LogP contribution in [0.5, 0.6) is 0 Å². The predicted molar refractivity (Wildman–Crippen MR) is 132 cm³/mol. The Bertz CT molecular complexity index is 1310. The van der Waals surface area contributed by atoms with Crippen molar-refractivity contribution in [2.75, 3.05) is 0 Å². The molecule has 0 N–H and O–H groups in total. The van der Waals surface area contributed by atoms with Crippen molar-refractivity contribution in [3.8, 4) is 33.6 Å². The van der Waals surface area contributed by atoms with Crippen molar-refractivity contribution in [3.05, 3.63) is 133 Å². The molecule has 154 valence electrons. The molecule has 0 spiro atoms. The van der Waals surface area contributed by atoms with Crippen molar-refractivity contribution in [2.24, 2.45) is 0 Å². The van der Waals surface area contributed by atoms with E-state index in [9.17, 15) is 0 Å². The van der Waals surface area contributed by atoms with Gasteiger partial charge in [0.1, 0.15) is 0 Å².